The van der Waals surface area contributed by atoms with Gasteiger partial charge in [0.1, 0.15) is 17.2 Å². The van der Waals surface area contributed by atoms with Gasteiger partial charge in [-0.15, -0.1) is 0 Å². The Balaban J connectivity index is 1.35. The molecule has 160 valence electrons. The van der Waals surface area contributed by atoms with Gasteiger partial charge in [0.05, 0.1) is 26.7 Å². The van der Waals surface area contributed by atoms with Gasteiger partial charge in [0.25, 0.3) is 0 Å². The van der Waals surface area contributed by atoms with Gasteiger partial charge in [-0.2, -0.15) is 0 Å². The van der Waals surface area contributed by atoms with Gasteiger partial charge in [0.15, 0.2) is 5.76 Å². The van der Waals surface area contributed by atoms with Gasteiger partial charge in [-0.1, -0.05) is 17.3 Å². The Bertz CT molecular complexity index is 1080. The van der Waals surface area contributed by atoms with E-state index < -0.39 is 5.92 Å². The number of nitrogens with zero attached hydrogens (tertiary/aromatic N) is 2. The third-order valence-corrected chi connectivity index (χ3v) is 5.24. The van der Waals surface area contributed by atoms with E-state index in [9.17, 15) is 9.59 Å². The Kier molecular flexibility index (Phi) is 5.88. The van der Waals surface area contributed by atoms with Crippen LogP contribution in [0.15, 0.2) is 59.1 Å². The number of carbonyl (C=O) groups excluding carboxylic acids is 2. The summed E-state index contributed by atoms with van der Waals surface area (Å²) < 4.78 is 15.8. The van der Waals surface area contributed by atoms with E-state index in [1.165, 1.54) is 0 Å². The summed E-state index contributed by atoms with van der Waals surface area (Å²) >= 11 is 0. The number of carbonyl (C=O) groups is 2. The number of hydrogen-bond donors (Lipinski definition) is 1. The number of anilines is 1. The van der Waals surface area contributed by atoms with Crippen LogP contribution in [0.3, 0.4) is 0 Å². The van der Waals surface area contributed by atoms with Crippen LogP contribution in [-0.2, 0) is 16.1 Å². The maximum atomic E-state index is 12.6. The number of amides is 2. The third-order valence-electron chi connectivity index (χ3n) is 5.24. The summed E-state index contributed by atoms with van der Waals surface area (Å²) in [6, 6.07) is 16.4. The standard InChI is InChI=1S/C23H23N3O5/c1-29-19-8-6-18(7-9-19)26-14-16(11-22(26)27)23(28)24-13-17-12-21(31-25-17)15-4-3-5-20(10-15)30-2/h3-10,12,16H,11,13-14H2,1-2H3,(H,24,28). The van der Waals surface area contributed by atoms with E-state index in [-0.39, 0.29) is 24.8 Å². The second-order valence-electron chi connectivity index (χ2n) is 7.24. The smallest absolute Gasteiger partial charge is 0.227 e. The molecule has 2 amide bonds. The van der Waals surface area contributed by atoms with Gasteiger partial charge in [0, 0.05) is 30.3 Å². The van der Waals surface area contributed by atoms with Crippen LogP contribution in [0.25, 0.3) is 11.3 Å². The van der Waals surface area contributed by atoms with E-state index in [4.69, 9.17) is 14.0 Å². The highest BCUT2D eigenvalue weighted by atomic mass is 16.5. The molecule has 2 heterocycles. The van der Waals surface area contributed by atoms with Crippen LogP contribution in [0.1, 0.15) is 12.1 Å². The Hall–Kier alpha value is -3.81. The minimum atomic E-state index is -0.417. The molecule has 4 rings (SSSR count). The molecule has 1 saturated heterocycles. The lowest BCUT2D eigenvalue weighted by Crippen LogP contribution is -2.32. The van der Waals surface area contributed by atoms with Gasteiger partial charge in [-0.05, 0) is 36.4 Å². The summed E-state index contributed by atoms with van der Waals surface area (Å²) in [6.07, 6.45) is 0.172. The summed E-state index contributed by atoms with van der Waals surface area (Å²) in [7, 11) is 3.19. The number of nitrogens with one attached hydrogen (secondary N) is 1. The van der Waals surface area contributed by atoms with Gasteiger partial charge in [-0.3, -0.25) is 9.59 Å². The lowest BCUT2D eigenvalue weighted by molar-refractivity contribution is -0.126. The fourth-order valence-corrected chi connectivity index (χ4v) is 3.52. The Morgan fingerprint density at radius 1 is 1.13 bits per heavy atom. The average Bonchev–Trinajstić information content (AvgIpc) is 3.44. The van der Waals surface area contributed by atoms with Crippen molar-refractivity contribution >= 4 is 17.5 Å². The number of hydrogen-bond acceptors (Lipinski definition) is 6. The maximum Gasteiger partial charge on any atom is 0.227 e. The first-order chi connectivity index (χ1) is 15.1. The number of aromatic nitrogens is 1. The molecule has 0 bridgehead atoms. The maximum absolute atomic E-state index is 12.6. The number of rotatable bonds is 7. The van der Waals surface area contributed by atoms with Crippen molar-refractivity contribution in [1.82, 2.24) is 10.5 Å². The van der Waals surface area contributed by atoms with Gasteiger partial charge in [0.2, 0.25) is 11.8 Å². The predicted molar refractivity (Wildman–Crippen MR) is 114 cm³/mol. The van der Waals surface area contributed by atoms with Crippen LogP contribution >= 0.6 is 0 Å². The first kappa shape index (κ1) is 20.5. The van der Waals surface area contributed by atoms with Crippen molar-refractivity contribution in [3.05, 3.63) is 60.3 Å². The van der Waals surface area contributed by atoms with Crippen LogP contribution < -0.4 is 19.7 Å². The minimum Gasteiger partial charge on any atom is -0.497 e. The Morgan fingerprint density at radius 2 is 1.90 bits per heavy atom. The summed E-state index contributed by atoms with van der Waals surface area (Å²) in [6.45, 7) is 0.560. The second kappa shape index (κ2) is 8.91. The van der Waals surface area contributed by atoms with Crippen LogP contribution in [0.2, 0.25) is 0 Å². The van der Waals surface area contributed by atoms with Gasteiger partial charge < -0.3 is 24.2 Å². The molecule has 0 spiro atoms. The van der Waals surface area contributed by atoms with Crippen LogP contribution in [0.4, 0.5) is 5.69 Å². The highest BCUT2D eigenvalue weighted by molar-refractivity contribution is 6.00. The van der Waals surface area contributed by atoms with E-state index in [1.807, 2.05) is 36.4 Å². The highest BCUT2D eigenvalue weighted by Gasteiger charge is 2.35. The lowest BCUT2D eigenvalue weighted by atomic mass is 10.1. The molecule has 1 unspecified atom stereocenters. The molecule has 0 radical (unpaired) electrons. The molecular formula is C23H23N3O5. The number of ether oxygens (including phenoxy) is 2. The molecule has 1 aliphatic rings. The quantitative estimate of drug-likeness (QED) is 0.630. The molecular weight excluding hydrogens is 398 g/mol. The van der Waals surface area contributed by atoms with Crippen LogP contribution in [-0.4, -0.2) is 37.7 Å². The fourth-order valence-electron chi connectivity index (χ4n) is 3.52. The molecule has 1 fully saturated rings. The third kappa shape index (κ3) is 4.53. The van der Waals surface area contributed by atoms with Crippen molar-refractivity contribution < 1.29 is 23.6 Å². The van der Waals surface area contributed by atoms with Crippen molar-refractivity contribution in [2.75, 3.05) is 25.7 Å². The first-order valence-electron chi connectivity index (χ1n) is 9.89. The van der Waals surface area contributed by atoms with Gasteiger partial charge >= 0.3 is 0 Å². The highest BCUT2D eigenvalue weighted by Crippen LogP contribution is 2.27. The van der Waals surface area contributed by atoms with E-state index in [0.29, 0.717) is 23.7 Å². The zero-order valence-corrected chi connectivity index (χ0v) is 17.3. The van der Waals surface area contributed by atoms with E-state index in [1.54, 1.807) is 37.3 Å². The lowest BCUT2D eigenvalue weighted by Gasteiger charge is -2.17. The molecule has 0 saturated carbocycles. The number of methoxy groups -OCH3 is 2. The fraction of sp³-hybridized carbons (Fsp3) is 0.261. The zero-order chi connectivity index (χ0) is 21.8. The van der Waals surface area contributed by atoms with Gasteiger partial charge in [-0.25, -0.2) is 0 Å². The molecule has 2 aromatic carbocycles. The minimum absolute atomic E-state index is 0.0768. The molecule has 8 nitrogen and oxygen atoms in total. The summed E-state index contributed by atoms with van der Waals surface area (Å²) in [5.41, 5.74) is 2.18. The number of benzene rings is 2. The summed E-state index contributed by atoms with van der Waals surface area (Å²) in [5.74, 6) is 1.34. The monoisotopic (exact) mass is 421 g/mol. The molecule has 0 aliphatic carbocycles. The van der Waals surface area contributed by atoms with E-state index >= 15 is 0 Å². The van der Waals surface area contributed by atoms with Crippen molar-refractivity contribution in [2.24, 2.45) is 5.92 Å². The molecule has 1 aromatic heterocycles. The second-order valence-corrected chi connectivity index (χ2v) is 7.24. The van der Waals surface area contributed by atoms with Crippen molar-refractivity contribution in [3.8, 4) is 22.8 Å². The summed E-state index contributed by atoms with van der Waals surface area (Å²) in [5, 5.41) is 6.87. The average molecular weight is 421 g/mol. The molecule has 1 aliphatic heterocycles. The normalized spacial score (nSPS) is 15.7. The van der Waals surface area contributed by atoms with E-state index in [0.717, 1.165) is 17.0 Å². The van der Waals surface area contributed by atoms with Crippen molar-refractivity contribution in [1.29, 1.82) is 0 Å². The molecule has 1 atom stereocenters. The Morgan fingerprint density at radius 3 is 2.65 bits per heavy atom. The largest absolute Gasteiger partial charge is 0.497 e. The van der Waals surface area contributed by atoms with Crippen molar-refractivity contribution in [3.63, 3.8) is 0 Å². The molecule has 31 heavy (non-hydrogen) atoms. The van der Waals surface area contributed by atoms with Crippen LogP contribution in [0.5, 0.6) is 11.5 Å². The van der Waals surface area contributed by atoms with E-state index in [2.05, 4.69) is 10.5 Å². The zero-order valence-electron chi connectivity index (χ0n) is 17.3. The predicted octanol–water partition coefficient (Wildman–Crippen LogP) is 3.03. The topological polar surface area (TPSA) is 93.9 Å². The van der Waals surface area contributed by atoms with Crippen LogP contribution in [0, 0.1) is 5.92 Å². The molecule has 1 N–H and O–H groups in total. The first-order valence-corrected chi connectivity index (χ1v) is 9.89. The molecule has 8 heteroatoms. The molecule has 3 aromatic rings. The van der Waals surface area contributed by atoms with Crippen molar-refractivity contribution in [2.45, 2.75) is 13.0 Å². The summed E-state index contributed by atoms with van der Waals surface area (Å²) in [4.78, 5) is 26.7. The SMILES string of the molecule is COc1ccc(N2CC(C(=O)NCc3cc(-c4cccc(OC)c4)on3)CC2=O)cc1. The Labute approximate surface area is 179 Å².